The molecule has 0 aliphatic carbocycles. The first-order chi connectivity index (χ1) is 7.10. The molecular weight excluding hydrogens is 256 g/mol. The molecule has 0 saturated carbocycles. The summed E-state index contributed by atoms with van der Waals surface area (Å²) in [5.41, 5.74) is 0.850. The molecule has 0 aliphatic heterocycles. The largest absolute Gasteiger partial charge is 0.495 e. The predicted octanol–water partition coefficient (Wildman–Crippen LogP) is 3.68. The molecule has 0 saturated heterocycles. The second kappa shape index (κ2) is 5.69. The Bertz CT molecular complexity index is 344. The summed E-state index contributed by atoms with van der Waals surface area (Å²) in [4.78, 5) is 1.95. The molecule has 2 nitrogen and oxygen atoms in total. The number of hydrogen-bond donors (Lipinski definition) is 0. The normalized spacial score (nSPS) is 10.2. The number of rotatable bonds is 4. The number of benzene rings is 1. The van der Waals surface area contributed by atoms with Gasteiger partial charge in [-0.25, -0.2) is 0 Å². The van der Waals surface area contributed by atoms with Crippen LogP contribution in [0.1, 0.15) is 0 Å². The Labute approximate surface area is 105 Å². The Hall–Kier alpha value is -0.310. The van der Waals surface area contributed by atoms with Gasteiger partial charge in [0.25, 0.3) is 0 Å². The molecule has 0 fully saturated rings. The Balaban J connectivity index is 3.04. The van der Waals surface area contributed by atoms with Crippen molar-refractivity contribution in [3.63, 3.8) is 0 Å². The average molecular weight is 269 g/mol. The molecule has 1 aromatic carbocycles. The predicted molar refractivity (Wildman–Crippen MR) is 67.0 cm³/mol. The summed E-state index contributed by atoms with van der Waals surface area (Å²) in [5, 5.41) is 1.14. The van der Waals surface area contributed by atoms with E-state index in [2.05, 4.69) is 0 Å². The van der Waals surface area contributed by atoms with Crippen LogP contribution in [-0.4, -0.2) is 26.6 Å². The third-order valence-electron chi connectivity index (χ3n) is 2.05. The fourth-order valence-corrected chi connectivity index (χ4v) is 2.00. The molecule has 0 amide bonds. The van der Waals surface area contributed by atoms with Gasteiger partial charge in [-0.3, -0.25) is 0 Å². The summed E-state index contributed by atoms with van der Waals surface area (Å²) in [6, 6.07) is 3.47. The maximum Gasteiger partial charge on any atom is 0.139 e. The lowest BCUT2D eigenvalue weighted by Crippen LogP contribution is -2.19. The highest BCUT2D eigenvalue weighted by Gasteiger charge is 2.10. The molecule has 15 heavy (non-hydrogen) atoms. The maximum atomic E-state index is 6.09. The lowest BCUT2D eigenvalue weighted by Gasteiger charge is -2.20. The Morgan fingerprint density at radius 3 is 2.47 bits per heavy atom. The van der Waals surface area contributed by atoms with Crippen LogP contribution in [0.2, 0.25) is 10.0 Å². The number of hydrogen-bond acceptors (Lipinski definition) is 2. The fraction of sp³-hybridized carbons (Fsp3) is 0.400. The number of halogens is 3. The van der Waals surface area contributed by atoms with Crippen molar-refractivity contribution in [3.8, 4) is 5.75 Å². The standard InChI is InChI=1S/C10H12Cl3NO/c1-14(4-3-11)9-5-8(13)10(15-2)6-7(9)12/h5-6H,3-4H2,1-2H3. The minimum atomic E-state index is 0.538. The van der Waals surface area contributed by atoms with Crippen LogP contribution in [0.4, 0.5) is 5.69 Å². The summed E-state index contributed by atoms with van der Waals surface area (Å²) in [7, 11) is 3.46. The van der Waals surface area contributed by atoms with Crippen molar-refractivity contribution >= 4 is 40.5 Å². The second-order valence-electron chi connectivity index (χ2n) is 3.05. The molecule has 0 aromatic heterocycles. The van der Waals surface area contributed by atoms with E-state index in [0.717, 1.165) is 5.69 Å². The summed E-state index contributed by atoms with van der Waals surface area (Å²) >= 11 is 17.7. The number of methoxy groups -OCH3 is 1. The molecule has 0 unspecified atom stereocenters. The molecule has 0 aliphatic rings. The first-order valence-corrected chi connectivity index (χ1v) is 5.69. The SMILES string of the molecule is COc1cc(Cl)c(N(C)CCCl)cc1Cl. The lowest BCUT2D eigenvalue weighted by molar-refractivity contribution is 0.415. The summed E-state index contributed by atoms with van der Waals surface area (Å²) in [5.74, 6) is 1.11. The molecule has 1 rings (SSSR count). The fourth-order valence-electron chi connectivity index (χ4n) is 1.21. The zero-order valence-corrected chi connectivity index (χ0v) is 10.8. The topological polar surface area (TPSA) is 12.5 Å². The van der Waals surface area contributed by atoms with E-state index in [0.29, 0.717) is 28.2 Å². The molecule has 0 radical (unpaired) electrons. The van der Waals surface area contributed by atoms with Gasteiger partial charge in [-0.15, -0.1) is 11.6 Å². The van der Waals surface area contributed by atoms with Crippen LogP contribution in [0.3, 0.4) is 0 Å². The zero-order chi connectivity index (χ0) is 11.4. The van der Waals surface area contributed by atoms with E-state index in [1.165, 1.54) is 0 Å². The molecule has 0 spiro atoms. The quantitative estimate of drug-likeness (QED) is 0.773. The van der Waals surface area contributed by atoms with Crippen LogP contribution in [-0.2, 0) is 0 Å². The highest BCUT2D eigenvalue weighted by molar-refractivity contribution is 6.36. The molecule has 5 heteroatoms. The Kier molecular flexibility index (Phi) is 4.84. The smallest absolute Gasteiger partial charge is 0.139 e. The molecule has 1 aromatic rings. The zero-order valence-electron chi connectivity index (χ0n) is 8.56. The number of alkyl halides is 1. The van der Waals surface area contributed by atoms with Crippen molar-refractivity contribution in [2.45, 2.75) is 0 Å². The van der Waals surface area contributed by atoms with Gasteiger partial charge in [0.15, 0.2) is 0 Å². The van der Waals surface area contributed by atoms with Gasteiger partial charge in [0.1, 0.15) is 5.75 Å². The van der Waals surface area contributed by atoms with Gasteiger partial charge >= 0.3 is 0 Å². The van der Waals surface area contributed by atoms with E-state index >= 15 is 0 Å². The third-order valence-corrected chi connectivity index (χ3v) is 2.82. The van der Waals surface area contributed by atoms with Gasteiger partial charge in [0, 0.05) is 25.5 Å². The van der Waals surface area contributed by atoms with Crippen LogP contribution in [0, 0.1) is 0 Å². The lowest BCUT2D eigenvalue weighted by atomic mass is 10.2. The number of anilines is 1. The van der Waals surface area contributed by atoms with E-state index in [1.54, 1.807) is 19.2 Å². The average Bonchev–Trinajstić information content (AvgIpc) is 2.21. The van der Waals surface area contributed by atoms with Gasteiger partial charge in [-0.2, -0.15) is 0 Å². The maximum absolute atomic E-state index is 6.09. The number of ether oxygens (including phenoxy) is 1. The van der Waals surface area contributed by atoms with Crippen LogP contribution in [0.25, 0.3) is 0 Å². The van der Waals surface area contributed by atoms with Gasteiger partial charge in [-0.05, 0) is 6.07 Å². The minimum absolute atomic E-state index is 0.538. The minimum Gasteiger partial charge on any atom is -0.495 e. The highest BCUT2D eigenvalue weighted by Crippen LogP contribution is 2.35. The third kappa shape index (κ3) is 3.07. The first kappa shape index (κ1) is 12.8. The van der Waals surface area contributed by atoms with Gasteiger partial charge < -0.3 is 9.64 Å². The molecule has 84 valence electrons. The van der Waals surface area contributed by atoms with Crippen LogP contribution >= 0.6 is 34.8 Å². The van der Waals surface area contributed by atoms with Crippen molar-refractivity contribution in [1.82, 2.24) is 0 Å². The molecule has 0 heterocycles. The van der Waals surface area contributed by atoms with Gasteiger partial charge in [0.2, 0.25) is 0 Å². The molecule has 0 N–H and O–H groups in total. The Morgan fingerprint density at radius 2 is 1.93 bits per heavy atom. The second-order valence-corrected chi connectivity index (χ2v) is 4.24. The van der Waals surface area contributed by atoms with Crippen molar-refractivity contribution in [3.05, 3.63) is 22.2 Å². The number of nitrogens with zero attached hydrogens (tertiary/aromatic N) is 1. The van der Waals surface area contributed by atoms with Crippen LogP contribution in [0.5, 0.6) is 5.75 Å². The van der Waals surface area contributed by atoms with Crippen molar-refractivity contribution in [1.29, 1.82) is 0 Å². The van der Waals surface area contributed by atoms with Gasteiger partial charge in [-0.1, -0.05) is 23.2 Å². The monoisotopic (exact) mass is 267 g/mol. The van der Waals surface area contributed by atoms with E-state index in [1.807, 2.05) is 11.9 Å². The highest BCUT2D eigenvalue weighted by atomic mass is 35.5. The van der Waals surface area contributed by atoms with Crippen molar-refractivity contribution in [2.24, 2.45) is 0 Å². The summed E-state index contributed by atoms with van der Waals surface area (Å²) in [6.07, 6.45) is 0. The Morgan fingerprint density at radius 1 is 1.27 bits per heavy atom. The van der Waals surface area contributed by atoms with Crippen molar-refractivity contribution in [2.75, 3.05) is 31.5 Å². The van der Waals surface area contributed by atoms with E-state index in [-0.39, 0.29) is 0 Å². The summed E-state index contributed by atoms with van der Waals surface area (Å²) < 4.78 is 5.06. The summed E-state index contributed by atoms with van der Waals surface area (Å²) in [6.45, 7) is 0.712. The molecule has 0 atom stereocenters. The van der Waals surface area contributed by atoms with Crippen molar-refractivity contribution < 1.29 is 4.74 Å². The first-order valence-electron chi connectivity index (χ1n) is 4.40. The molecule has 0 bridgehead atoms. The molecular formula is C10H12Cl3NO. The van der Waals surface area contributed by atoms with Gasteiger partial charge in [0.05, 0.1) is 22.8 Å². The van der Waals surface area contributed by atoms with Crippen LogP contribution in [0.15, 0.2) is 12.1 Å². The van der Waals surface area contributed by atoms with Crippen LogP contribution < -0.4 is 9.64 Å². The van der Waals surface area contributed by atoms with E-state index in [4.69, 9.17) is 39.5 Å². The van der Waals surface area contributed by atoms with E-state index in [9.17, 15) is 0 Å². The van der Waals surface area contributed by atoms with E-state index < -0.39 is 0 Å².